The van der Waals surface area contributed by atoms with E-state index in [0.717, 1.165) is 11.4 Å². The van der Waals surface area contributed by atoms with Gasteiger partial charge in [0.05, 0.1) is 6.20 Å². The Morgan fingerprint density at radius 1 is 1.32 bits per heavy atom. The SMILES string of the molecule is C#Cc1cccc(NC(=O)c2cnn3c(C)cc(C)nc23)c1. The first-order valence-electron chi connectivity index (χ1n) is 6.78. The minimum atomic E-state index is -0.262. The maximum absolute atomic E-state index is 12.5. The van der Waals surface area contributed by atoms with Gasteiger partial charge in [0, 0.05) is 22.6 Å². The fourth-order valence-electron chi connectivity index (χ4n) is 2.32. The van der Waals surface area contributed by atoms with Crippen LogP contribution in [-0.4, -0.2) is 20.5 Å². The molecular weight excluding hydrogens is 276 g/mol. The van der Waals surface area contributed by atoms with Gasteiger partial charge >= 0.3 is 0 Å². The number of carbonyl (C=O) groups excluding carboxylic acids is 1. The van der Waals surface area contributed by atoms with Gasteiger partial charge in [-0.25, -0.2) is 9.50 Å². The highest BCUT2D eigenvalue weighted by Gasteiger charge is 2.15. The van der Waals surface area contributed by atoms with Gasteiger partial charge in [0.1, 0.15) is 5.56 Å². The maximum Gasteiger partial charge on any atom is 0.261 e. The number of nitrogens with one attached hydrogen (secondary N) is 1. The van der Waals surface area contributed by atoms with E-state index in [4.69, 9.17) is 6.42 Å². The molecule has 0 bridgehead atoms. The molecule has 0 atom stereocenters. The monoisotopic (exact) mass is 290 g/mol. The van der Waals surface area contributed by atoms with Crippen molar-refractivity contribution in [3.8, 4) is 12.3 Å². The molecule has 0 aliphatic carbocycles. The molecule has 1 aromatic carbocycles. The molecule has 0 saturated carbocycles. The molecule has 5 nitrogen and oxygen atoms in total. The van der Waals surface area contributed by atoms with Crippen molar-refractivity contribution in [1.29, 1.82) is 0 Å². The number of amides is 1. The highest BCUT2D eigenvalue weighted by Crippen LogP contribution is 2.15. The van der Waals surface area contributed by atoms with Crippen LogP contribution in [0.15, 0.2) is 36.5 Å². The quantitative estimate of drug-likeness (QED) is 0.738. The molecule has 22 heavy (non-hydrogen) atoms. The van der Waals surface area contributed by atoms with Crippen LogP contribution >= 0.6 is 0 Å². The summed E-state index contributed by atoms with van der Waals surface area (Å²) in [7, 11) is 0. The lowest BCUT2D eigenvalue weighted by Crippen LogP contribution is -2.12. The molecule has 5 heteroatoms. The molecule has 0 fully saturated rings. The fourth-order valence-corrected chi connectivity index (χ4v) is 2.32. The first kappa shape index (κ1) is 13.8. The molecule has 2 aromatic heterocycles. The molecule has 0 unspecified atom stereocenters. The molecule has 0 aliphatic heterocycles. The normalized spacial score (nSPS) is 10.4. The second-order valence-electron chi connectivity index (χ2n) is 5.01. The highest BCUT2D eigenvalue weighted by atomic mass is 16.1. The molecule has 0 saturated heterocycles. The predicted molar refractivity (Wildman–Crippen MR) is 84.8 cm³/mol. The zero-order chi connectivity index (χ0) is 15.7. The van der Waals surface area contributed by atoms with Gasteiger partial charge in [-0.15, -0.1) is 6.42 Å². The summed E-state index contributed by atoms with van der Waals surface area (Å²) in [5, 5.41) is 7.04. The number of hydrogen-bond donors (Lipinski definition) is 1. The number of aromatic nitrogens is 3. The average molecular weight is 290 g/mol. The van der Waals surface area contributed by atoms with Crippen LogP contribution in [0.4, 0.5) is 5.69 Å². The second-order valence-corrected chi connectivity index (χ2v) is 5.01. The lowest BCUT2D eigenvalue weighted by atomic mass is 10.2. The van der Waals surface area contributed by atoms with Crippen LogP contribution in [0, 0.1) is 26.2 Å². The standard InChI is InChI=1S/C17H14N4O/c1-4-13-6-5-7-14(9-13)20-17(22)15-10-18-21-12(3)8-11(2)19-16(15)21/h1,5-10H,2-3H3,(H,20,22). The first-order chi connectivity index (χ1) is 10.6. The van der Waals surface area contributed by atoms with Crippen molar-refractivity contribution in [3.05, 3.63) is 59.0 Å². The van der Waals surface area contributed by atoms with Gasteiger partial charge in [0.25, 0.3) is 5.91 Å². The Balaban J connectivity index is 1.97. The summed E-state index contributed by atoms with van der Waals surface area (Å²) in [6.45, 7) is 3.81. The number of nitrogens with zero attached hydrogens (tertiary/aromatic N) is 3. The number of anilines is 1. The molecule has 3 rings (SSSR count). The van der Waals surface area contributed by atoms with Crippen LogP contribution in [0.5, 0.6) is 0 Å². The number of carbonyl (C=O) groups is 1. The molecule has 0 aliphatic rings. The third kappa shape index (κ3) is 2.42. The fraction of sp³-hybridized carbons (Fsp3) is 0.118. The Hall–Kier alpha value is -3.13. The average Bonchev–Trinajstić information content (AvgIpc) is 2.91. The summed E-state index contributed by atoms with van der Waals surface area (Å²) in [6.07, 6.45) is 6.89. The molecule has 0 radical (unpaired) electrons. The van der Waals surface area contributed by atoms with Crippen molar-refractivity contribution < 1.29 is 4.79 Å². The van der Waals surface area contributed by atoms with Crippen molar-refractivity contribution in [2.75, 3.05) is 5.32 Å². The summed E-state index contributed by atoms with van der Waals surface area (Å²) in [6, 6.07) is 9.05. The molecule has 3 aromatic rings. The number of rotatable bonds is 2. The van der Waals surface area contributed by atoms with E-state index in [2.05, 4.69) is 21.3 Å². The minimum absolute atomic E-state index is 0.262. The predicted octanol–water partition coefficient (Wildman–Crippen LogP) is 2.58. The summed E-state index contributed by atoms with van der Waals surface area (Å²) >= 11 is 0. The maximum atomic E-state index is 12.5. The van der Waals surface area contributed by atoms with Crippen molar-refractivity contribution in [2.45, 2.75) is 13.8 Å². The third-order valence-electron chi connectivity index (χ3n) is 3.31. The van der Waals surface area contributed by atoms with E-state index in [1.165, 1.54) is 6.20 Å². The minimum Gasteiger partial charge on any atom is -0.322 e. The van der Waals surface area contributed by atoms with E-state index in [1.54, 1.807) is 28.8 Å². The summed E-state index contributed by atoms with van der Waals surface area (Å²) in [5.41, 5.74) is 4.09. The second kappa shape index (κ2) is 5.34. The Morgan fingerprint density at radius 2 is 2.14 bits per heavy atom. The zero-order valence-electron chi connectivity index (χ0n) is 12.3. The Kier molecular flexibility index (Phi) is 3.36. The first-order valence-corrected chi connectivity index (χ1v) is 6.78. The van der Waals surface area contributed by atoms with Gasteiger partial charge in [-0.2, -0.15) is 5.10 Å². The van der Waals surface area contributed by atoms with E-state index in [-0.39, 0.29) is 5.91 Å². The van der Waals surface area contributed by atoms with E-state index in [0.29, 0.717) is 22.5 Å². The van der Waals surface area contributed by atoms with Gasteiger partial charge < -0.3 is 5.32 Å². The number of benzene rings is 1. The van der Waals surface area contributed by atoms with E-state index in [1.807, 2.05) is 19.9 Å². The van der Waals surface area contributed by atoms with Crippen molar-refractivity contribution in [1.82, 2.24) is 14.6 Å². The molecular formula is C17H14N4O. The van der Waals surface area contributed by atoms with Crippen LogP contribution < -0.4 is 5.32 Å². The Bertz CT molecular complexity index is 918. The smallest absolute Gasteiger partial charge is 0.261 e. The van der Waals surface area contributed by atoms with Crippen LogP contribution in [0.1, 0.15) is 27.3 Å². The van der Waals surface area contributed by atoms with E-state index >= 15 is 0 Å². The van der Waals surface area contributed by atoms with Crippen molar-refractivity contribution >= 4 is 17.2 Å². The topological polar surface area (TPSA) is 59.3 Å². The number of terminal acetylenes is 1. The van der Waals surface area contributed by atoms with Crippen LogP contribution in [0.3, 0.4) is 0 Å². The molecule has 1 N–H and O–H groups in total. The van der Waals surface area contributed by atoms with Gasteiger partial charge in [-0.1, -0.05) is 12.0 Å². The molecule has 0 spiro atoms. The molecule has 2 heterocycles. The lowest BCUT2D eigenvalue weighted by Gasteiger charge is -2.05. The molecule has 1 amide bonds. The van der Waals surface area contributed by atoms with E-state index in [9.17, 15) is 4.79 Å². The number of fused-ring (bicyclic) bond motifs is 1. The Labute approximate surface area is 128 Å². The summed E-state index contributed by atoms with van der Waals surface area (Å²) in [4.78, 5) is 16.9. The Morgan fingerprint density at radius 3 is 2.91 bits per heavy atom. The van der Waals surface area contributed by atoms with Gasteiger partial charge in [0.2, 0.25) is 0 Å². The van der Waals surface area contributed by atoms with E-state index < -0.39 is 0 Å². The van der Waals surface area contributed by atoms with Gasteiger partial charge in [-0.05, 0) is 38.1 Å². The van der Waals surface area contributed by atoms with Gasteiger partial charge in [0.15, 0.2) is 5.65 Å². The van der Waals surface area contributed by atoms with Crippen LogP contribution in [0.25, 0.3) is 5.65 Å². The summed E-state index contributed by atoms with van der Waals surface area (Å²) in [5.74, 6) is 2.28. The lowest BCUT2D eigenvalue weighted by molar-refractivity contribution is 0.102. The van der Waals surface area contributed by atoms with Crippen LogP contribution in [-0.2, 0) is 0 Å². The van der Waals surface area contributed by atoms with Crippen LogP contribution in [0.2, 0.25) is 0 Å². The summed E-state index contributed by atoms with van der Waals surface area (Å²) < 4.78 is 1.65. The van der Waals surface area contributed by atoms with Crippen molar-refractivity contribution in [3.63, 3.8) is 0 Å². The largest absolute Gasteiger partial charge is 0.322 e. The number of hydrogen-bond acceptors (Lipinski definition) is 3. The number of aryl methyl sites for hydroxylation is 2. The van der Waals surface area contributed by atoms with Crippen molar-refractivity contribution in [2.24, 2.45) is 0 Å². The zero-order valence-corrected chi connectivity index (χ0v) is 12.3. The molecule has 108 valence electrons. The highest BCUT2D eigenvalue weighted by molar-refractivity contribution is 6.08. The third-order valence-corrected chi connectivity index (χ3v) is 3.31. The van der Waals surface area contributed by atoms with Gasteiger partial charge in [-0.3, -0.25) is 4.79 Å².